The highest BCUT2D eigenvalue weighted by Crippen LogP contribution is 2.36. The maximum absolute atomic E-state index is 5.59. The van der Waals surface area contributed by atoms with Gasteiger partial charge in [0.25, 0.3) is 0 Å². The predicted octanol–water partition coefficient (Wildman–Crippen LogP) is 3.07. The first-order chi connectivity index (χ1) is 13.3. The van der Waals surface area contributed by atoms with E-state index in [1.807, 2.05) is 0 Å². The fourth-order valence-corrected chi connectivity index (χ4v) is 4.55. The van der Waals surface area contributed by atoms with Crippen molar-refractivity contribution in [3.05, 3.63) is 53.5 Å². The number of hydrogen-bond donors (Lipinski definition) is 2. The Morgan fingerprint density at radius 3 is 2.93 bits per heavy atom. The van der Waals surface area contributed by atoms with Crippen LogP contribution in [0.1, 0.15) is 29.3 Å². The number of aryl methyl sites for hydroxylation is 2. The van der Waals surface area contributed by atoms with Gasteiger partial charge in [0.05, 0.1) is 24.6 Å². The molecule has 2 N–H and O–H groups in total. The molecule has 6 heteroatoms. The average molecular weight is 363 g/mol. The quantitative estimate of drug-likeness (QED) is 0.749. The van der Waals surface area contributed by atoms with Gasteiger partial charge in [-0.25, -0.2) is 9.97 Å². The van der Waals surface area contributed by atoms with Crippen molar-refractivity contribution in [2.45, 2.75) is 31.8 Å². The fraction of sp³-hybridized carbons (Fsp3) is 0.429. The second kappa shape index (κ2) is 6.94. The molecule has 1 saturated heterocycles. The molecule has 6 nitrogen and oxygen atoms in total. The number of aromatic amines is 1. The van der Waals surface area contributed by atoms with Gasteiger partial charge in [0.1, 0.15) is 17.8 Å². The molecular weight excluding hydrogens is 338 g/mol. The van der Waals surface area contributed by atoms with Gasteiger partial charge in [-0.3, -0.25) is 4.90 Å². The normalized spacial score (nSPS) is 23.3. The number of benzene rings is 1. The molecule has 27 heavy (non-hydrogen) atoms. The molecule has 2 atom stereocenters. The smallest absolute Gasteiger partial charge is 0.143 e. The van der Waals surface area contributed by atoms with Crippen molar-refractivity contribution in [3.8, 4) is 0 Å². The van der Waals surface area contributed by atoms with Gasteiger partial charge in [-0.2, -0.15) is 0 Å². The Kier molecular flexibility index (Phi) is 4.30. The van der Waals surface area contributed by atoms with Gasteiger partial charge in [-0.05, 0) is 37.0 Å². The molecule has 1 aliphatic carbocycles. The van der Waals surface area contributed by atoms with Gasteiger partial charge >= 0.3 is 0 Å². The minimum absolute atomic E-state index is 0.210. The van der Waals surface area contributed by atoms with Gasteiger partial charge in [-0.15, -0.1) is 0 Å². The van der Waals surface area contributed by atoms with Gasteiger partial charge in [0.15, 0.2) is 0 Å². The van der Waals surface area contributed by atoms with Crippen LogP contribution in [0.2, 0.25) is 0 Å². The molecule has 2 aromatic heterocycles. The van der Waals surface area contributed by atoms with Crippen molar-refractivity contribution < 1.29 is 4.74 Å². The molecule has 0 radical (unpaired) electrons. The third kappa shape index (κ3) is 3.09. The molecule has 2 unspecified atom stereocenters. The van der Waals surface area contributed by atoms with E-state index in [2.05, 4.69) is 62.4 Å². The number of anilines is 1. The van der Waals surface area contributed by atoms with E-state index in [4.69, 9.17) is 4.74 Å². The maximum atomic E-state index is 5.59. The SMILES string of the molecule is Cc1cc2c(NC3c4ccccc4CCC3N3CCOCC3)ncnc2[nH]1. The van der Waals surface area contributed by atoms with Crippen molar-refractivity contribution in [3.63, 3.8) is 0 Å². The summed E-state index contributed by atoms with van der Waals surface area (Å²) >= 11 is 0. The molecule has 3 aromatic rings. The van der Waals surface area contributed by atoms with E-state index in [9.17, 15) is 0 Å². The Morgan fingerprint density at radius 2 is 2.04 bits per heavy atom. The molecule has 1 fully saturated rings. The Balaban J connectivity index is 1.54. The lowest BCUT2D eigenvalue weighted by atomic mass is 9.83. The monoisotopic (exact) mass is 363 g/mol. The molecule has 0 amide bonds. The summed E-state index contributed by atoms with van der Waals surface area (Å²) in [4.78, 5) is 14.8. The van der Waals surface area contributed by atoms with E-state index in [1.165, 1.54) is 11.1 Å². The lowest BCUT2D eigenvalue weighted by Gasteiger charge is -2.43. The van der Waals surface area contributed by atoms with Crippen LogP contribution in [0.4, 0.5) is 5.82 Å². The lowest BCUT2D eigenvalue weighted by molar-refractivity contribution is 0.00896. The van der Waals surface area contributed by atoms with Gasteiger partial charge in [-0.1, -0.05) is 24.3 Å². The summed E-state index contributed by atoms with van der Waals surface area (Å²) in [5.41, 5.74) is 4.81. The van der Waals surface area contributed by atoms with Crippen molar-refractivity contribution in [2.75, 3.05) is 31.6 Å². The van der Waals surface area contributed by atoms with Crippen molar-refractivity contribution in [1.29, 1.82) is 0 Å². The van der Waals surface area contributed by atoms with Gasteiger partial charge in [0, 0.05) is 24.8 Å². The van der Waals surface area contributed by atoms with E-state index in [-0.39, 0.29) is 6.04 Å². The zero-order chi connectivity index (χ0) is 18.2. The average Bonchev–Trinajstić information content (AvgIpc) is 3.10. The van der Waals surface area contributed by atoms with E-state index in [0.29, 0.717) is 6.04 Å². The number of rotatable bonds is 3. The number of ether oxygens (including phenoxy) is 1. The summed E-state index contributed by atoms with van der Waals surface area (Å²) < 4.78 is 5.59. The summed E-state index contributed by atoms with van der Waals surface area (Å²) in [6, 6.07) is 11.6. The fourth-order valence-electron chi connectivity index (χ4n) is 4.55. The highest BCUT2D eigenvalue weighted by molar-refractivity contribution is 5.87. The first-order valence-corrected chi connectivity index (χ1v) is 9.76. The van der Waals surface area contributed by atoms with Crippen LogP contribution in [0.5, 0.6) is 0 Å². The van der Waals surface area contributed by atoms with Crippen LogP contribution in [0, 0.1) is 6.92 Å². The summed E-state index contributed by atoms with van der Waals surface area (Å²) in [5.74, 6) is 0.907. The van der Waals surface area contributed by atoms with Crippen molar-refractivity contribution in [1.82, 2.24) is 19.9 Å². The molecule has 140 valence electrons. The number of fused-ring (bicyclic) bond motifs is 2. The van der Waals surface area contributed by atoms with Gasteiger partial charge < -0.3 is 15.0 Å². The topological polar surface area (TPSA) is 66.1 Å². The molecule has 2 aliphatic rings. The number of nitrogens with zero attached hydrogens (tertiary/aromatic N) is 3. The van der Waals surface area contributed by atoms with Crippen molar-refractivity contribution >= 4 is 16.9 Å². The van der Waals surface area contributed by atoms with Crippen molar-refractivity contribution in [2.24, 2.45) is 0 Å². The Hall–Kier alpha value is -2.44. The molecule has 1 aromatic carbocycles. The second-order valence-electron chi connectivity index (χ2n) is 7.51. The molecular formula is C21H25N5O. The Labute approximate surface area is 159 Å². The number of aromatic nitrogens is 3. The highest BCUT2D eigenvalue weighted by atomic mass is 16.5. The van der Waals surface area contributed by atoms with E-state index in [1.54, 1.807) is 6.33 Å². The molecule has 0 saturated carbocycles. The van der Waals surface area contributed by atoms with Gasteiger partial charge in [0.2, 0.25) is 0 Å². The van der Waals surface area contributed by atoms with E-state index >= 15 is 0 Å². The molecule has 0 bridgehead atoms. The zero-order valence-electron chi connectivity index (χ0n) is 15.6. The number of morpholine rings is 1. The summed E-state index contributed by atoms with van der Waals surface area (Å²) in [6.07, 6.45) is 3.91. The second-order valence-corrected chi connectivity index (χ2v) is 7.51. The van der Waals surface area contributed by atoms with Crippen LogP contribution >= 0.6 is 0 Å². The van der Waals surface area contributed by atoms with Crippen LogP contribution in [0.3, 0.4) is 0 Å². The van der Waals surface area contributed by atoms with Crippen LogP contribution in [0.15, 0.2) is 36.7 Å². The molecule has 5 rings (SSSR count). The van der Waals surface area contributed by atoms with E-state index < -0.39 is 0 Å². The minimum atomic E-state index is 0.210. The Bertz CT molecular complexity index is 947. The number of H-pyrrole nitrogens is 1. The zero-order valence-corrected chi connectivity index (χ0v) is 15.6. The van der Waals surface area contributed by atoms with Crippen LogP contribution in [0.25, 0.3) is 11.0 Å². The molecule has 0 spiro atoms. The largest absolute Gasteiger partial charge is 0.379 e. The summed E-state index contributed by atoms with van der Waals surface area (Å²) in [5, 5.41) is 4.84. The highest BCUT2D eigenvalue weighted by Gasteiger charge is 2.34. The predicted molar refractivity (Wildman–Crippen MR) is 106 cm³/mol. The number of nitrogens with one attached hydrogen (secondary N) is 2. The van der Waals surface area contributed by atoms with Crippen LogP contribution < -0.4 is 5.32 Å². The lowest BCUT2D eigenvalue weighted by Crippen LogP contribution is -2.49. The minimum Gasteiger partial charge on any atom is -0.379 e. The first kappa shape index (κ1) is 16.7. The maximum Gasteiger partial charge on any atom is 0.143 e. The molecule has 1 aliphatic heterocycles. The molecule has 3 heterocycles. The number of hydrogen-bond acceptors (Lipinski definition) is 5. The standard InChI is InChI=1S/C21H25N5O/c1-14-12-17-20(24-14)22-13-23-21(17)25-19-16-5-3-2-4-15(16)6-7-18(19)26-8-10-27-11-9-26/h2-5,12-13,18-19H,6-11H2,1H3,(H2,22,23,24,25). The first-order valence-electron chi connectivity index (χ1n) is 9.76. The Morgan fingerprint density at radius 1 is 1.19 bits per heavy atom. The third-order valence-corrected chi connectivity index (χ3v) is 5.85. The van der Waals surface area contributed by atoms with Crippen LogP contribution in [-0.2, 0) is 11.2 Å². The summed E-state index contributed by atoms with van der Waals surface area (Å²) in [6.45, 7) is 5.68. The third-order valence-electron chi connectivity index (χ3n) is 5.85. The van der Waals surface area contributed by atoms with E-state index in [0.717, 1.165) is 61.7 Å². The summed E-state index contributed by atoms with van der Waals surface area (Å²) in [7, 11) is 0. The van der Waals surface area contributed by atoms with Crippen LogP contribution in [-0.4, -0.2) is 52.2 Å².